The number of hydrogen-bond donors (Lipinski definition) is 0. The highest BCUT2D eigenvalue weighted by Gasteiger charge is 2.17. The molecule has 1 aromatic heterocycles. The van der Waals surface area contributed by atoms with E-state index < -0.39 is 12.2 Å². The number of benzene rings is 2. The van der Waals surface area contributed by atoms with Gasteiger partial charge in [-0.15, -0.1) is 0 Å². The Hall–Kier alpha value is -2.56. The van der Waals surface area contributed by atoms with Crippen molar-refractivity contribution in [1.29, 1.82) is 0 Å². The summed E-state index contributed by atoms with van der Waals surface area (Å²) in [6, 6.07) is 12.9. The van der Waals surface area contributed by atoms with Crippen LogP contribution < -0.4 is 4.74 Å². The van der Waals surface area contributed by atoms with Crippen molar-refractivity contribution in [2.75, 3.05) is 0 Å². The number of nitrogens with zero attached hydrogens (tertiary/aromatic N) is 2. The van der Waals surface area contributed by atoms with Gasteiger partial charge in [-0.1, -0.05) is 18.2 Å². The van der Waals surface area contributed by atoms with E-state index in [1.807, 2.05) is 24.3 Å². The number of ether oxygens (including phenoxy) is 1. The van der Waals surface area contributed by atoms with Crippen molar-refractivity contribution in [1.82, 2.24) is 9.97 Å². The van der Waals surface area contributed by atoms with Crippen molar-refractivity contribution in [2.24, 2.45) is 0 Å². The van der Waals surface area contributed by atoms with Crippen LogP contribution in [0.2, 0.25) is 0 Å². The normalized spacial score (nSPS) is 13.5. The highest BCUT2D eigenvalue weighted by molar-refractivity contribution is 5.83. The monoisotopic (exact) mass is 312 g/mol. The Balaban J connectivity index is 1.78. The van der Waals surface area contributed by atoms with E-state index in [1.54, 1.807) is 18.2 Å². The predicted octanol–water partition coefficient (Wildman–Crippen LogP) is 4.85. The van der Waals surface area contributed by atoms with E-state index in [-0.39, 0.29) is 5.88 Å². The number of rotatable bonds is 3. The fraction of sp³-hybridized carbons (Fsp3) is 0.222. The third-order valence-electron chi connectivity index (χ3n) is 4.07. The van der Waals surface area contributed by atoms with Crippen LogP contribution in [-0.2, 0) is 12.8 Å². The van der Waals surface area contributed by atoms with Crippen LogP contribution in [-0.4, -0.2) is 9.97 Å². The Bertz CT molecular complexity index is 880. The number of hydrogen-bond acceptors (Lipinski definition) is 3. The highest BCUT2D eigenvalue weighted by atomic mass is 19.3. The summed E-state index contributed by atoms with van der Waals surface area (Å²) < 4.78 is 31.8. The summed E-state index contributed by atoms with van der Waals surface area (Å²) in [7, 11) is 0. The van der Waals surface area contributed by atoms with Gasteiger partial charge in [-0.05, 0) is 54.7 Å². The molecule has 1 aliphatic rings. The van der Waals surface area contributed by atoms with E-state index in [0.717, 1.165) is 19.3 Å². The van der Waals surface area contributed by atoms with E-state index >= 15 is 0 Å². The number of alkyl halides is 2. The van der Waals surface area contributed by atoms with Gasteiger partial charge in [0.25, 0.3) is 6.43 Å². The molecule has 2 aromatic carbocycles. The molecule has 3 aromatic rings. The quantitative estimate of drug-likeness (QED) is 0.693. The molecule has 0 fully saturated rings. The zero-order chi connectivity index (χ0) is 15.8. The van der Waals surface area contributed by atoms with Gasteiger partial charge in [-0.2, -0.15) is 4.98 Å². The number of aromatic nitrogens is 2. The van der Waals surface area contributed by atoms with Crippen LogP contribution in [0.3, 0.4) is 0 Å². The lowest BCUT2D eigenvalue weighted by molar-refractivity contribution is 0.140. The van der Waals surface area contributed by atoms with E-state index in [9.17, 15) is 8.78 Å². The molecule has 0 spiro atoms. The third kappa shape index (κ3) is 2.63. The molecule has 0 radical (unpaired) electrons. The molecule has 0 aliphatic heterocycles. The van der Waals surface area contributed by atoms with Gasteiger partial charge in [0.2, 0.25) is 5.88 Å². The van der Waals surface area contributed by atoms with Crippen molar-refractivity contribution in [3.63, 3.8) is 0 Å². The molecular formula is C18H14F2N2O. The lowest BCUT2D eigenvalue weighted by atomic mass is 10.1. The third-order valence-corrected chi connectivity index (χ3v) is 4.07. The van der Waals surface area contributed by atoms with E-state index in [1.165, 1.54) is 11.1 Å². The second-order valence-electron chi connectivity index (χ2n) is 5.59. The van der Waals surface area contributed by atoms with Gasteiger partial charge < -0.3 is 4.74 Å². The SMILES string of the molecule is FC(F)c1nc(Oc2ccc3c(c2)CCC3)c2ccccc2n1. The summed E-state index contributed by atoms with van der Waals surface area (Å²) in [4.78, 5) is 7.80. The van der Waals surface area contributed by atoms with Crippen LogP contribution in [0.4, 0.5) is 8.78 Å². The van der Waals surface area contributed by atoms with Gasteiger partial charge in [-0.3, -0.25) is 0 Å². The van der Waals surface area contributed by atoms with Crippen molar-refractivity contribution in [2.45, 2.75) is 25.7 Å². The van der Waals surface area contributed by atoms with E-state index in [4.69, 9.17) is 4.74 Å². The largest absolute Gasteiger partial charge is 0.438 e. The lowest BCUT2D eigenvalue weighted by Gasteiger charge is -2.10. The molecule has 0 bridgehead atoms. The van der Waals surface area contributed by atoms with Gasteiger partial charge in [0.05, 0.1) is 10.9 Å². The standard InChI is InChI=1S/C18H14F2N2O/c19-16(20)17-21-15-7-2-1-6-14(15)18(22-17)23-13-9-8-11-4-3-5-12(11)10-13/h1-2,6-10,16H,3-5H2. The van der Waals surface area contributed by atoms with Crippen LogP contribution in [0.15, 0.2) is 42.5 Å². The summed E-state index contributed by atoms with van der Waals surface area (Å²) in [6.07, 6.45) is 0.521. The van der Waals surface area contributed by atoms with E-state index in [0.29, 0.717) is 16.7 Å². The van der Waals surface area contributed by atoms with Crippen LogP contribution in [0.1, 0.15) is 29.8 Å². The first-order valence-corrected chi connectivity index (χ1v) is 7.55. The fourth-order valence-electron chi connectivity index (χ4n) is 2.96. The molecule has 0 amide bonds. The Labute approximate surface area is 132 Å². The summed E-state index contributed by atoms with van der Waals surface area (Å²) in [5, 5.41) is 0.623. The van der Waals surface area contributed by atoms with Gasteiger partial charge in [0.1, 0.15) is 5.75 Å². The molecule has 1 aliphatic carbocycles. The molecule has 0 unspecified atom stereocenters. The molecule has 0 saturated heterocycles. The predicted molar refractivity (Wildman–Crippen MR) is 83.0 cm³/mol. The first kappa shape index (κ1) is 14.1. The smallest absolute Gasteiger partial charge is 0.297 e. The van der Waals surface area contributed by atoms with Crippen molar-refractivity contribution in [3.05, 3.63) is 59.4 Å². The van der Waals surface area contributed by atoms with Crippen LogP contribution >= 0.6 is 0 Å². The highest BCUT2D eigenvalue weighted by Crippen LogP contribution is 2.32. The molecule has 116 valence electrons. The summed E-state index contributed by atoms with van der Waals surface area (Å²) in [6.45, 7) is 0. The first-order valence-electron chi connectivity index (χ1n) is 7.55. The minimum Gasteiger partial charge on any atom is -0.438 e. The topological polar surface area (TPSA) is 35.0 Å². The van der Waals surface area contributed by atoms with Crippen LogP contribution in [0.25, 0.3) is 10.9 Å². The maximum atomic E-state index is 13.0. The number of fused-ring (bicyclic) bond motifs is 2. The van der Waals surface area contributed by atoms with Gasteiger partial charge in [0.15, 0.2) is 5.82 Å². The first-order chi connectivity index (χ1) is 11.2. The molecule has 0 saturated carbocycles. The average molecular weight is 312 g/mol. The maximum absolute atomic E-state index is 13.0. The molecular weight excluding hydrogens is 298 g/mol. The fourth-order valence-corrected chi connectivity index (χ4v) is 2.96. The molecule has 3 nitrogen and oxygen atoms in total. The minimum atomic E-state index is -2.73. The zero-order valence-electron chi connectivity index (χ0n) is 12.3. The Morgan fingerprint density at radius 3 is 2.65 bits per heavy atom. The molecule has 0 N–H and O–H groups in total. The van der Waals surface area contributed by atoms with Crippen molar-refractivity contribution in [3.8, 4) is 11.6 Å². The number of para-hydroxylation sites is 1. The molecule has 23 heavy (non-hydrogen) atoms. The lowest BCUT2D eigenvalue weighted by Crippen LogP contribution is -2.00. The molecule has 5 heteroatoms. The van der Waals surface area contributed by atoms with Gasteiger partial charge in [0, 0.05) is 0 Å². The van der Waals surface area contributed by atoms with Crippen molar-refractivity contribution < 1.29 is 13.5 Å². The minimum absolute atomic E-state index is 0.170. The Kier molecular flexibility index (Phi) is 3.41. The Morgan fingerprint density at radius 2 is 1.78 bits per heavy atom. The summed E-state index contributed by atoms with van der Waals surface area (Å²) in [5.41, 5.74) is 3.04. The summed E-state index contributed by atoms with van der Waals surface area (Å²) >= 11 is 0. The van der Waals surface area contributed by atoms with E-state index in [2.05, 4.69) is 9.97 Å². The van der Waals surface area contributed by atoms with Gasteiger partial charge >= 0.3 is 0 Å². The van der Waals surface area contributed by atoms with Crippen LogP contribution in [0, 0.1) is 0 Å². The van der Waals surface area contributed by atoms with Crippen LogP contribution in [0.5, 0.6) is 11.6 Å². The molecule has 4 rings (SSSR count). The Morgan fingerprint density at radius 1 is 0.957 bits per heavy atom. The zero-order valence-corrected chi connectivity index (χ0v) is 12.3. The number of aryl methyl sites for hydroxylation is 2. The summed E-state index contributed by atoms with van der Waals surface area (Å²) in [5.74, 6) is 0.276. The number of halogens is 2. The maximum Gasteiger partial charge on any atom is 0.297 e. The second-order valence-corrected chi connectivity index (χ2v) is 5.59. The van der Waals surface area contributed by atoms with Gasteiger partial charge in [-0.25, -0.2) is 13.8 Å². The average Bonchev–Trinajstić information content (AvgIpc) is 3.02. The molecule has 0 atom stereocenters. The second kappa shape index (κ2) is 5.57. The molecule has 1 heterocycles. The van der Waals surface area contributed by atoms with Crippen molar-refractivity contribution >= 4 is 10.9 Å².